The predicted octanol–water partition coefficient (Wildman–Crippen LogP) is 3.27. The highest BCUT2D eigenvalue weighted by molar-refractivity contribution is 6.01. The minimum absolute atomic E-state index is 0.000783. The number of hydrogen-bond acceptors (Lipinski definition) is 10. The molecule has 0 aromatic carbocycles. The number of cyclic esters (lactones) is 1. The number of esters is 1. The second-order valence-electron chi connectivity index (χ2n) is 15.6. The number of unbranched alkanes of at least 4 members (excludes halogenated alkanes) is 3. The van der Waals surface area contributed by atoms with Crippen LogP contribution in [0.15, 0.2) is 11.6 Å². The van der Waals surface area contributed by atoms with Gasteiger partial charge in [-0.3, -0.25) is 14.4 Å². The minimum Gasteiger partial charge on any atom is -0.458 e. The Morgan fingerprint density at radius 2 is 1.73 bits per heavy atom. The summed E-state index contributed by atoms with van der Waals surface area (Å²) in [5.41, 5.74) is -0.816. The summed E-state index contributed by atoms with van der Waals surface area (Å²) in [6, 6.07) is 0. The lowest BCUT2D eigenvalue weighted by atomic mass is 9.42. The maximum absolute atomic E-state index is 12.5. The number of fused-ring (bicyclic) bond motifs is 5. The van der Waals surface area contributed by atoms with E-state index in [-0.39, 0.29) is 73.6 Å². The van der Waals surface area contributed by atoms with Crippen molar-refractivity contribution in [3.8, 4) is 0 Å². The van der Waals surface area contributed by atoms with E-state index < -0.39 is 34.9 Å². The molecule has 0 spiro atoms. The first-order chi connectivity index (χ1) is 22.9. The van der Waals surface area contributed by atoms with Crippen molar-refractivity contribution in [3.05, 3.63) is 11.6 Å². The molecule has 1 saturated heterocycles. The summed E-state index contributed by atoms with van der Waals surface area (Å²) in [5, 5.41) is 27.7. The average Bonchev–Trinajstić information content (AvgIpc) is 3.71. The number of carbonyl (C=O) groups is 5. The van der Waals surface area contributed by atoms with Gasteiger partial charge in [0.1, 0.15) is 13.2 Å². The van der Waals surface area contributed by atoms with Crippen LogP contribution in [0.25, 0.3) is 0 Å². The number of ether oxygens (including phenoxy) is 2. The number of nitrogens with one attached hydrogen (secondary N) is 1. The van der Waals surface area contributed by atoms with Crippen molar-refractivity contribution in [1.82, 2.24) is 10.4 Å². The molecular formula is C36H52N2O10. The minimum atomic E-state index is -0.992. The van der Waals surface area contributed by atoms with Gasteiger partial charge in [0.15, 0.2) is 0 Å². The monoisotopic (exact) mass is 672 g/mol. The topological polar surface area (TPSA) is 169 Å². The molecule has 4 saturated carbocycles. The molecule has 6 aliphatic rings. The number of carbonyl (C=O) groups excluding carboxylic acids is 5. The van der Waals surface area contributed by atoms with E-state index in [0.717, 1.165) is 63.4 Å². The van der Waals surface area contributed by atoms with E-state index in [2.05, 4.69) is 12.2 Å². The van der Waals surface area contributed by atoms with Crippen LogP contribution in [0.2, 0.25) is 0 Å². The highest BCUT2D eigenvalue weighted by Gasteiger charge is 2.70. The molecule has 266 valence electrons. The predicted molar refractivity (Wildman–Crippen MR) is 170 cm³/mol. The maximum Gasteiger partial charge on any atom is 0.333 e. The fourth-order valence-electron chi connectivity index (χ4n) is 10.5. The number of aliphatic hydroxyl groups is 2. The van der Waals surface area contributed by atoms with Gasteiger partial charge in [-0.05, 0) is 98.9 Å². The molecule has 12 nitrogen and oxygen atoms in total. The van der Waals surface area contributed by atoms with E-state index in [9.17, 15) is 34.2 Å². The third-order valence-corrected chi connectivity index (χ3v) is 13.3. The van der Waals surface area contributed by atoms with E-state index in [1.165, 1.54) is 0 Å². The van der Waals surface area contributed by atoms with Gasteiger partial charge in [0.25, 0.3) is 11.8 Å². The quantitative estimate of drug-likeness (QED) is 0.159. The highest BCUT2D eigenvalue weighted by atomic mass is 16.7. The number of hydroxylamine groups is 2. The molecule has 3 unspecified atom stereocenters. The van der Waals surface area contributed by atoms with Crippen LogP contribution in [0.5, 0.6) is 0 Å². The van der Waals surface area contributed by atoms with Crippen LogP contribution in [0.1, 0.15) is 110 Å². The van der Waals surface area contributed by atoms with E-state index in [1.54, 1.807) is 6.08 Å². The second-order valence-corrected chi connectivity index (χ2v) is 15.6. The normalized spacial score (nSPS) is 39.0. The molecule has 0 aromatic heterocycles. The third-order valence-electron chi connectivity index (χ3n) is 13.3. The molecule has 3 N–H and O–H groups in total. The summed E-state index contributed by atoms with van der Waals surface area (Å²) >= 11 is 0. The summed E-state index contributed by atoms with van der Waals surface area (Å²) in [5.74, 6) is -1.41. The van der Waals surface area contributed by atoms with Crippen molar-refractivity contribution in [2.75, 3.05) is 19.8 Å². The summed E-state index contributed by atoms with van der Waals surface area (Å²) in [6.45, 7) is 5.16. The maximum atomic E-state index is 12.5. The molecule has 2 aliphatic heterocycles. The molecule has 0 aromatic rings. The van der Waals surface area contributed by atoms with Gasteiger partial charge in [-0.25, -0.2) is 9.59 Å². The van der Waals surface area contributed by atoms with E-state index in [1.807, 2.05) is 6.92 Å². The highest BCUT2D eigenvalue weighted by Crippen LogP contribution is 2.70. The Bertz CT molecular complexity index is 1320. The van der Waals surface area contributed by atoms with Crippen LogP contribution in [0.3, 0.4) is 0 Å². The largest absolute Gasteiger partial charge is 0.458 e. The summed E-state index contributed by atoms with van der Waals surface area (Å²) in [7, 11) is 0. The number of aliphatic hydroxyl groups excluding tert-OH is 1. The van der Waals surface area contributed by atoms with Crippen LogP contribution in [0.4, 0.5) is 0 Å². The van der Waals surface area contributed by atoms with Gasteiger partial charge in [-0.1, -0.05) is 26.7 Å². The molecular weight excluding hydrogens is 620 g/mol. The Labute approximate surface area is 282 Å². The molecule has 2 heterocycles. The van der Waals surface area contributed by atoms with Gasteiger partial charge in [0.05, 0.1) is 17.8 Å². The van der Waals surface area contributed by atoms with E-state index in [0.29, 0.717) is 36.8 Å². The Morgan fingerprint density at radius 3 is 2.46 bits per heavy atom. The zero-order valence-electron chi connectivity index (χ0n) is 28.4. The molecule has 12 heteroatoms. The van der Waals surface area contributed by atoms with Gasteiger partial charge in [-0.2, -0.15) is 0 Å². The lowest BCUT2D eigenvalue weighted by Gasteiger charge is -2.65. The first kappa shape index (κ1) is 35.0. The average molecular weight is 673 g/mol. The Balaban J connectivity index is 0.907. The second kappa shape index (κ2) is 13.8. The number of rotatable bonds is 12. The smallest absolute Gasteiger partial charge is 0.333 e. The zero-order valence-corrected chi connectivity index (χ0v) is 28.4. The molecule has 4 aliphatic carbocycles. The van der Waals surface area contributed by atoms with Crippen LogP contribution in [-0.4, -0.2) is 82.5 Å². The van der Waals surface area contributed by atoms with Crippen LogP contribution in [-0.2, 0) is 38.3 Å². The SMILES string of the molecule is C[C@]12CC[C@H](OCC(=O)NCCCCCCC(=O)ON3C(=O)CCC3=O)CC1CCC1C2C[C@@H](O)[C@]2(C)[C@@H](C3=CC(=O)OC3)CC[C@]12O. The number of hydrogen-bond donors (Lipinski definition) is 3. The molecule has 5 fully saturated rings. The molecule has 48 heavy (non-hydrogen) atoms. The van der Waals surface area contributed by atoms with Crippen LogP contribution in [0, 0.1) is 34.5 Å². The molecule has 0 bridgehead atoms. The molecule has 9 atom stereocenters. The van der Waals surface area contributed by atoms with E-state index in [4.69, 9.17) is 14.3 Å². The van der Waals surface area contributed by atoms with Gasteiger partial charge < -0.3 is 29.8 Å². The fourth-order valence-corrected chi connectivity index (χ4v) is 10.5. The molecule has 6 rings (SSSR count). The Morgan fingerprint density at radius 1 is 0.979 bits per heavy atom. The number of nitrogens with zero attached hydrogens (tertiary/aromatic N) is 1. The first-order valence-electron chi connectivity index (χ1n) is 18.1. The fraction of sp³-hybridized carbons (Fsp3) is 0.806. The van der Waals surface area contributed by atoms with Gasteiger partial charge in [-0.15, -0.1) is 5.06 Å². The zero-order chi connectivity index (χ0) is 34.3. The van der Waals surface area contributed by atoms with Gasteiger partial charge in [0.2, 0.25) is 5.91 Å². The standard InChI is InChI=1S/C36H52N2O10/c1-34-14-12-24(46-21-29(40)37-16-6-4-3-5-7-32(43)48-38-30(41)10-11-31(38)42)18-23(34)8-9-26-27(34)19-28(39)35(2)25(13-15-36(26,35)45)22-17-33(44)47-20-22/h17,23-28,39,45H,3-16,18-21H2,1-2H3,(H,37,40)/t23?,24-,25+,26?,27?,28+,34-,35-,36-/m0/s1. The lowest BCUT2D eigenvalue weighted by Crippen LogP contribution is -2.67. The van der Waals surface area contributed by atoms with Crippen molar-refractivity contribution in [2.45, 2.75) is 128 Å². The summed E-state index contributed by atoms with van der Waals surface area (Å²) in [6.07, 6.45) is 10.6. The van der Waals surface area contributed by atoms with Crippen molar-refractivity contribution >= 4 is 29.7 Å². The van der Waals surface area contributed by atoms with E-state index >= 15 is 0 Å². The Kier molecular flexibility index (Phi) is 10.1. The van der Waals surface area contributed by atoms with Crippen molar-refractivity contribution in [1.29, 1.82) is 0 Å². The van der Waals surface area contributed by atoms with Crippen molar-refractivity contribution in [3.63, 3.8) is 0 Å². The van der Waals surface area contributed by atoms with Crippen molar-refractivity contribution < 1.29 is 48.5 Å². The van der Waals surface area contributed by atoms with Crippen LogP contribution >= 0.6 is 0 Å². The van der Waals surface area contributed by atoms with Gasteiger partial charge in [0, 0.05) is 37.3 Å². The van der Waals surface area contributed by atoms with Crippen molar-refractivity contribution in [2.24, 2.45) is 34.5 Å². The molecule has 0 radical (unpaired) electrons. The third kappa shape index (κ3) is 6.33. The Hall–Kier alpha value is -2.83. The molecule has 3 amide bonds. The van der Waals surface area contributed by atoms with Crippen LogP contribution < -0.4 is 5.32 Å². The number of imide groups is 1. The van der Waals surface area contributed by atoms with Gasteiger partial charge >= 0.3 is 11.9 Å². The number of amides is 3. The lowest BCUT2D eigenvalue weighted by molar-refractivity contribution is -0.245. The first-order valence-corrected chi connectivity index (χ1v) is 18.1. The summed E-state index contributed by atoms with van der Waals surface area (Å²) in [4.78, 5) is 64.2. The summed E-state index contributed by atoms with van der Waals surface area (Å²) < 4.78 is 11.3.